The molecule has 0 saturated carbocycles. The van der Waals surface area contributed by atoms with Crippen molar-refractivity contribution in [2.24, 2.45) is 0 Å². The maximum atomic E-state index is 12.7. The van der Waals surface area contributed by atoms with Crippen molar-refractivity contribution >= 4 is 16.8 Å². The Labute approximate surface area is 76.3 Å². The van der Waals surface area contributed by atoms with Gasteiger partial charge in [-0.3, -0.25) is 4.79 Å². The van der Waals surface area contributed by atoms with E-state index in [1.807, 2.05) is 0 Å². The third-order valence-corrected chi connectivity index (χ3v) is 1.56. The van der Waals surface area contributed by atoms with E-state index in [9.17, 15) is 18.0 Å². The van der Waals surface area contributed by atoms with Gasteiger partial charge in [-0.25, -0.2) is 13.8 Å². The van der Waals surface area contributed by atoms with E-state index < -0.39 is 28.7 Å². The number of aromatic nitrogens is 1. The minimum atomic E-state index is -2.95. The van der Waals surface area contributed by atoms with E-state index in [1.165, 1.54) is 0 Å². The third kappa shape index (κ3) is 1.98. The van der Waals surface area contributed by atoms with Gasteiger partial charge >= 0.3 is 0 Å². The summed E-state index contributed by atoms with van der Waals surface area (Å²) in [6.07, 6.45) is -2.10. The highest BCUT2D eigenvalue weighted by Crippen LogP contribution is 2.24. The molecule has 70 valence electrons. The van der Waals surface area contributed by atoms with Crippen molar-refractivity contribution < 1.29 is 18.0 Å². The fourth-order valence-corrected chi connectivity index (χ4v) is 1.01. The van der Waals surface area contributed by atoms with E-state index in [4.69, 9.17) is 11.6 Å². The van der Waals surface area contributed by atoms with Crippen LogP contribution in [-0.4, -0.2) is 10.2 Å². The number of alkyl halides is 2. The number of hydrogen-bond donors (Lipinski definition) is 0. The van der Waals surface area contributed by atoms with Gasteiger partial charge in [0.2, 0.25) is 5.95 Å². The topological polar surface area (TPSA) is 30.0 Å². The van der Waals surface area contributed by atoms with Gasteiger partial charge in [-0.05, 0) is 17.7 Å². The highest BCUT2D eigenvalue weighted by Gasteiger charge is 2.21. The molecule has 1 aromatic rings. The zero-order valence-corrected chi connectivity index (χ0v) is 6.86. The summed E-state index contributed by atoms with van der Waals surface area (Å²) in [7, 11) is 0. The molecule has 6 heteroatoms. The molecule has 0 aliphatic rings. The highest BCUT2D eigenvalue weighted by molar-refractivity contribution is 6.67. The van der Waals surface area contributed by atoms with Crippen LogP contribution < -0.4 is 0 Å². The van der Waals surface area contributed by atoms with Gasteiger partial charge in [0.05, 0.1) is 5.56 Å². The molecular weight excluding hydrogens is 207 g/mol. The van der Waals surface area contributed by atoms with Gasteiger partial charge < -0.3 is 0 Å². The molecule has 1 heterocycles. The normalized spacial score (nSPS) is 10.5. The quantitative estimate of drug-likeness (QED) is 0.553. The Kier molecular flexibility index (Phi) is 2.87. The zero-order chi connectivity index (χ0) is 10.0. The Balaban J connectivity index is 3.34. The van der Waals surface area contributed by atoms with E-state index in [0.29, 0.717) is 0 Å². The van der Waals surface area contributed by atoms with Crippen molar-refractivity contribution in [3.63, 3.8) is 0 Å². The Morgan fingerprint density at radius 3 is 2.54 bits per heavy atom. The summed E-state index contributed by atoms with van der Waals surface area (Å²) < 4.78 is 37.0. The van der Waals surface area contributed by atoms with Crippen molar-refractivity contribution in [1.29, 1.82) is 0 Å². The van der Waals surface area contributed by atoms with Gasteiger partial charge in [-0.2, -0.15) is 4.39 Å². The fourth-order valence-electron chi connectivity index (χ4n) is 0.826. The second kappa shape index (κ2) is 3.74. The van der Waals surface area contributed by atoms with Gasteiger partial charge in [0.15, 0.2) is 0 Å². The number of halogens is 4. The van der Waals surface area contributed by atoms with Crippen LogP contribution in [-0.2, 0) is 0 Å². The van der Waals surface area contributed by atoms with Crippen LogP contribution in [0.1, 0.15) is 22.3 Å². The second-order valence-corrected chi connectivity index (χ2v) is 2.48. The van der Waals surface area contributed by atoms with Crippen LogP contribution >= 0.6 is 11.6 Å². The summed E-state index contributed by atoms with van der Waals surface area (Å²) >= 11 is 4.91. The predicted molar refractivity (Wildman–Crippen MR) is 39.3 cm³/mol. The Bertz CT molecular complexity index is 343. The summed E-state index contributed by atoms with van der Waals surface area (Å²) in [5, 5.41) is -1.28. The van der Waals surface area contributed by atoms with E-state index in [0.717, 1.165) is 12.3 Å². The average Bonchev–Trinajstić information content (AvgIpc) is 2.02. The van der Waals surface area contributed by atoms with Crippen molar-refractivity contribution in [1.82, 2.24) is 4.98 Å². The number of rotatable bonds is 2. The smallest absolute Gasteiger partial charge is 0.264 e. The lowest BCUT2D eigenvalue weighted by Crippen LogP contribution is -2.03. The molecule has 0 N–H and O–H groups in total. The van der Waals surface area contributed by atoms with Gasteiger partial charge in [0.1, 0.15) is 0 Å². The molecule has 0 saturated heterocycles. The Hall–Kier alpha value is -1.10. The standard InChI is InChI=1S/C7H3ClF3NO/c8-5(13)4-3(6(9)10)1-2-12-7(4)11/h1-2,6H. The molecule has 13 heavy (non-hydrogen) atoms. The molecule has 0 atom stereocenters. The molecule has 0 aromatic carbocycles. The molecule has 0 aliphatic carbocycles. The molecule has 0 unspecified atom stereocenters. The number of carbonyl (C=O) groups is 1. The van der Waals surface area contributed by atoms with Crippen molar-refractivity contribution in [3.05, 3.63) is 29.3 Å². The van der Waals surface area contributed by atoms with Crippen LogP contribution in [0, 0.1) is 5.95 Å². The zero-order valence-electron chi connectivity index (χ0n) is 6.10. The number of hydrogen-bond acceptors (Lipinski definition) is 2. The van der Waals surface area contributed by atoms with Crippen LogP contribution in [0.2, 0.25) is 0 Å². The van der Waals surface area contributed by atoms with Crippen molar-refractivity contribution in [2.45, 2.75) is 6.43 Å². The summed E-state index contributed by atoms with van der Waals surface area (Å²) in [5.74, 6) is -1.28. The molecule has 0 spiro atoms. The second-order valence-electron chi connectivity index (χ2n) is 2.14. The molecule has 0 amide bonds. The molecular formula is C7H3ClF3NO. The largest absolute Gasteiger partial charge is 0.275 e. The first-order valence-corrected chi connectivity index (χ1v) is 3.54. The van der Waals surface area contributed by atoms with Gasteiger partial charge in [-0.1, -0.05) is 0 Å². The summed E-state index contributed by atoms with van der Waals surface area (Å²) in [4.78, 5) is 13.6. The molecule has 1 rings (SSSR count). The number of nitrogens with zero attached hydrogens (tertiary/aromatic N) is 1. The van der Waals surface area contributed by atoms with Crippen LogP contribution in [0.5, 0.6) is 0 Å². The van der Waals surface area contributed by atoms with Crippen LogP contribution in [0.4, 0.5) is 13.2 Å². The first-order valence-electron chi connectivity index (χ1n) is 3.16. The third-order valence-electron chi connectivity index (χ3n) is 1.37. The Morgan fingerprint density at radius 2 is 2.15 bits per heavy atom. The van der Waals surface area contributed by atoms with Crippen LogP contribution in [0.15, 0.2) is 12.3 Å². The maximum absolute atomic E-state index is 12.7. The summed E-state index contributed by atoms with van der Waals surface area (Å²) in [6.45, 7) is 0. The SMILES string of the molecule is O=C(Cl)c1c(C(F)F)ccnc1F. The van der Waals surface area contributed by atoms with Gasteiger partial charge in [-0.15, -0.1) is 0 Å². The monoisotopic (exact) mass is 209 g/mol. The Morgan fingerprint density at radius 1 is 1.54 bits per heavy atom. The number of carbonyl (C=O) groups excluding carboxylic acids is 1. The summed E-state index contributed by atoms with van der Waals surface area (Å²) in [6, 6.07) is 0.851. The summed E-state index contributed by atoms with van der Waals surface area (Å²) in [5.41, 5.74) is -1.60. The first-order chi connectivity index (χ1) is 6.04. The number of pyridine rings is 1. The van der Waals surface area contributed by atoms with E-state index in [-0.39, 0.29) is 0 Å². The van der Waals surface area contributed by atoms with Crippen molar-refractivity contribution in [3.8, 4) is 0 Å². The van der Waals surface area contributed by atoms with E-state index >= 15 is 0 Å². The maximum Gasteiger partial charge on any atom is 0.264 e. The lowest BCUT2D eigenvalue weighted by Gasteiger charge is -2.03. The minimum Gasteiger partial charge on any atom is -0.275 e. The lowest BCUT2D eigenvalue weighted by atomic mass is 10.1. The molecule has 2 nitrogen and oxygen atoms in total. The minimum absolute atomic E-state index is 0.743. The van der Waals surface area contributed by atoms with E-state index in [2.05, 4.69) is 4.98 Å². The molecule has 0 radical (unpaired) electrons. The van der Waals surface area contributed by atoms with E-state index in [1.54, 1.807) is 0 Å². The molecule has 0 fully saturated rings. The highest BCUT2D eigenvalue weighted by atomic mass is 35.5. The first kappa shape index (κ1) is 9.98. The van der Waals surface area contributed by atoms with Crippen LogP contribution in [0.25, 0.3) is 0 Å². The average molecular weight is 210 g/mol. The lowest BCUT2D eigenvalue weighted by molar-refractivity contribution is 0.106. The van der Waals surface area contributed by atoms with Gasteiger partial charge in [0, 0.05) is 11.8 Å². The molecule has 1 aromatic heterocycles. The van der Waals surface area contributed by atoms with Crippen molar-refractivity contribution in [2.75, 3.05) is 0 Å². The fraction of sp³-hybridized carbons (Fsp3) is 0.143. The van der Waals surface area contributed by atoms with Gasteiger partial charge in [0.25, 0.3) is 11.7 Å². The molecule has 0 aliphatic heterocycles. The molecule has 0 bridgehead atoms. The predicted octanol–water partition coefficient (Wildman–Crippen LogP) is 2.54. The van der Waals surface area contributed by atoms with Crippen LogP contribution in [0.3, 0.4) is 0 Å².